The van der Waals surface area contributed by atoms with Gasteiger partial charge in [-0.2, -0.15) is 5.26 Å². The van der Waals surface area contributed by atoms with Crippen LogP contribution < -0.4 is 4.74 Å². The highest BCUT2D eigenvalue weighted by Crippen LogP contribution is 2.29. The largest absolute Gasteiger partial charge is 0.426 e. The second-order valence-electron chi connectivity index (χ2n) is 6.20. The predicted molar refractivity (Wildman–Crippen MR) is 86.4 cm³/mol. The van der Waals surface area contributed by atoms with E-state index >= 15 is 0 Å². The fourth-order valence-corrected chi connectivity index (χ4v) is 2.96. The Morgan fingerprint density at radius 1 is 1.18 bits per heavy atom. The molecule has 22 heavy (non-hydrogen) atoms. The van der Waals surface area contributed by atoms with E-state index in [0.717, 1.165) is 32.1 Å². The van der Waals surface area contributed by atoms with Crippen molar-refractivity contribution >= 4 is 5.97 Å². The van der Waals surface area contributed by atoms with Gasteiger partial charge >= 0.3 is 5.97 Å². The minimum atomic E-state index is -0.143. The molecule has 0 aromatic heterocycles. The van der Waals surface area contributed by atoms with Gasteiger partial charge in [-0.1, -0.05) is 31.9 Å². The van der Waals surface area contributed by atoms with Crippen LogP contribution in [0.4, 0.5) is 0 Å². The Morgan fingerprint density at radius 3 is 2.45 bits per heavy atom. The molecule has 0 bridgehead atoms. The second kappa shape index (κ2) is 8.58. The molecule has 1 aliphatic carbocycles. The fraction of sp³-hybridized carbons (Fsp3) is 0.579. The molecular formula is C19H25NO2. The lowest BCUT2D eigenvalue weighted by Gasteiger charge is -2.23. The smallest absolute Gasteiger partial charge is 0.314 e. The Bertz CT molecular complexity index is 507. The average Bonchev–Trinajstić information content (AvgIpc) is 2.57. The molecule has 0 saturated heterocycles. The molecule has 0 N–H and O–H groups in total. The quantitative estimate of drug-likeness (QED) is 0.436. The first-order valence-electron chi connectivity index (χ1n) is 8.43. The number of rotatable bonds is 6. The Morgan fingerprint density at radius 2 is 1.86 bits per heavy atom. The molecule has 3 heteroatoms. The molecule has 3 nitrogen and oxygen atoms in total. The van der Waals surface area contributed by atoms with Crippen LogP contribution in [0.2, 0.25) is 0 Å². The molecule has 118 valence electrons. The Balaban J connectivity index is 1.80. The lowest BCUT2D eigenvalue weighted by molar-refractivity contribution is -0.140. The van der Waals surface area contributed by atoms with E-state index < -0.39 is 0 Å². The molecule has 1 aromatic carbocycles. The van der Waals surface area contributed by atoms with Crippen LogP contribution in [0.3, 0.4) is 0 Å². The van der Waals surface area contributed by atoms with Gasteiger partial charge in [0.15, 0.2) is 0 Å². The summed E-state index contributed by atoms with van der Waals surface area (Å²) in [6, 6.07) is 10.2. The van der Waals surface area contributed by atoms with E-state index in [1.54, 1.807) is 0 Å². The van der Waals surface area contributed by atoms with Crippen LogP contribution >= 0.6 is 0 Å². The van der Waals surface area contributed by atoms with Crippen LogP contribution in [-0.2, 0) is 11.2 Å². The maximum absolute atomic E-state index is 12.2. The number of carbonyl (C=O) groups excluding carboxylic acids is 1. The number of nitriles is 1. The van der Waals surface area contributed by atoms with E-state index in [1.165, 1.54) is 24.8 Å². The van der Waals surface area contributed by atoms with Crippen molar-refractivity contribution in [3.8, 4) is 11.8 Å². The summed E-state index contributed by atoms with van der Waals surface area (Å²) < 4.78 is 5.48. The first-order valence-corrected chi connectivity index (χ1v) is 8.43. The molecule has 1 aliphatic rings. The third kappa shape index (κ3) is 4.87. The summed E-state index contributed by atoms with van der Waals surface area (Å²) in [6.45, 7) is 2.20. The molecule has 1 saturated carbocycles. The van der Waals surface area contributed by atoms with Crippen molar-refractivity contribution < 1.29 is 9.53 Å². The van der Waals surface area contributed by atoms with Gasteiger partial charge in [-0.05, 0) is 56.2 Å². The zero-order valence-corrected chi connectivity index (χ0v) is 13.4. The minimum absolute atomic E-state index is 0.0474. The molecule has 0 spiro atoms. The lowest BCUT2D eigenvalue weighted by Crippen LogP contribution is -2.25. The SMILES string of the molecule is CCCCCc1ccc(OC(=O)[C@H]2CC[C@H](C#N)CC2)cc1. The summed E-state index contributed by atoms with van der Waals surface area (Å²) in [5, 5.41) is 8.89. The molecule has 0 unspecified atom stereocenters. The zero-order valence-electron chi connectivity index (χ0n) is 13.4. The number of benzene rings is 1. The summed E-state index contributed by atoms with van der Waals surface area (Å²) >= 11 is 0. The minimum Gasteiger partial charge on any atom is -0.426 e. The number of hydrogen-bond donors (Lipinski definition) is 0. The third-order valence-electron chi connectivity index (χ3n) is 4.45. The number of esters is 1. The van der Waals surface area contributed by atoms with Gasteiger partial charge in [0.25, 0.3) is 0 Å². The van der Waals surface area contributed by atoms with Crippen molar-refractivity contribution in [1.82, 2.24) is 0 Å². The molecule has 0 radical (unpaired) electrons. The highest BCUT2D eigenvalue weighted by molar-refractivity contribution is 5.75. The topological polar surface area (TPSA) is 50.1 Å². The van der Waals surface area contributed by atoms with Crippen molar-refractivity contribution in [2.45, 2.75) is 58.3 Å². The summed E-state index contributed by atoms with van der Waals surface area (Å²) in [5.74, 6) is 0.557. The van der Waals surface area contributed by atoms with Crippen LogP contribution in [0.5, 0.6) is 5.75 Å². The van der Waals surface area contributed by atoms with Crippen LogP contribution in [0, 0.1) is 23.2 Å². The molecule has 1 aromatic rings. The van der Waals surface area contributed by atoms with Gasteiger partial charge in [0.05, 0.1) is 12.0 Å². The van der Waals surface area contributed by atoms with Gasteiger partial charge in [-0.25, -0.2) is 0 Å². The third-order valence-corrected chi connectivity index (χ3v) is 4.45. The van der Waals surface area contributed by atoms with E-state index in [2.05, 4.69) is 13.0 Å². The Hall–Kier alpha value is -1.82. The number of carbonyl (C=O) groups is 1. The van der Waals surface area contributed by atoms with Gasteiger partial charge in [0.1, 0.15) is 5.75 Å². The van der Waals surface area contributed by atoms with E-state index in [-0.39, 0.29) is 17.8 Å². The van der Waals surface area contributed by atoms with Gasteiger partial charge in [0.2, 0.25) is 0 Å². The number of ether oxygens (including phenoxy) is 1. The van der Waals surface area contributed by atoms with Gasteiger partial charge in [0, 0.05) is 5.92 Å². The van der Waals surface area contributed by atoms with E-state index in [4.69, 9.17) is 10.00 Å². The fourth-order valence-electron chi connectivity index (χ4n) is 2.96. The molecule has 0 atom stereocenters. The molecule has 0 aliphatic heterocycles. The van der Waals surface area contributed by atoms with Gasteiger partial charge in [-0.3, -0.25) is 4.79 Å². The maximum Gasteiger partial charge on any atom is 0.314 e. The standard InChI is InChI=1S/C19H25NO2/c1-2-3-4-5-15-8-12-18(13-9-15)22-19(21)17-10-6-16(14-20)7-11-17/h8-9,12-13,16-17H,2-7,10-11H2,1H3/t16-,17-. The normalized spacial score (nSPS) is 21.1. The van der Waals surface area contributed by atoms with Crippen molar-refractivity contribution in [2.75, 3.05) is 0 Å². The summed E-state index contributed by atoms with van der Waals surface area (Å²) in [7, 11) is 0. The predicted octanol–water partition coefficient (Wildman–Crippen LogP) is 4.65. The Kier molecular flexibility index (Phi) is 6.45. The lowest BCUT2D eigenvalue weighted by atomic mass is 9.83. The highest BCUT2D eigenvalue weighted by atomic mass is 16.5. The molecule has 0 heterocycles. The maximum atomic E-state index is 12.2. The number of nitrogens with zero attached hydrogens (tertiary/aromatic N) is 1. The van der Waals surface area contributed by atoms with Crippen LogP contribution in [0.1, 0.15) is 57.4 Å². The van der Waals surface area contributed by atoms with Gasteiger partial charge < -0.3 is 4.74 Å². The molecule has 0 amide bonds. The van der Waals surface area contributed by atoms with Crippen LogP contribution in [-0.4, -0.2) is 5.97 Å². The number of unbranched alkanes of at least 4 members (excludes halogenated alkanes) is 2. The van der Waals surface area contributed by atoms with E-state index in [9.17, 15) is 4.79 Å². The van der Waals surface area contributed by atoms with Gasteiger partial charge in [-0.15, -0.1) is 0 Å². The van der Waals surface area contributed by atoms with Crippen LogP contribution in [0.15, 0.2) is 24.3 Å². The van der Waals surface area contributed by atoms with Crippen molar-refractivity contribution in [3.05, 3.63) is 29.8 Å². The first-order chi connectivity index (χ1) is 10.7. The summed E-state index contributed by atoms with van der Waals surface area (Å²) in [5.41, 5.74) is 1.29. The van der Waals surface area contributed by atoms with Crippen molar-refractivity contribution in [1.29, 1.82) is 5.26 Å². The second-order valence-corrected chi connectivity index (χ2v) is 6.20. The van der Waals surface area contributed by atoms with Crippen LogP contribution in [0.25, 0.3) is 0 Å². The zero-order chi connectivity index (χ0) is 15.8. The monoisotopic (exact) mass is 299 g/mol. The summed E-state index contributed by atoms with van der Waals surface area (Å²) in [6.07, 6.45) is 7.93. The number of hydrogen-bond acceptors (Lipinski definition) is 3. The molecule has 1 fully saturated rings. The summed E-state index contributed by atoms with van der Waals surface area (Å²) in [4.78, 5) is 12.2. The number of aryl methyl sites for hydroxylation is 1. The van der Waals surface area contributed by atoms with Crippen molar-refractivity contribution in [2.24, 2.45) is 11.8 Å². The highest BCUT2D eigenvalue weighted by Gasteiger charge is 2.27. The molecule has 2 rings (SSSR count). The van der Waals surface area contributed by atoms with Crippen molar-refractivity contribution in [3.63, 3.8) is 0 Å². The Labute approximate surface area is 133 Å². The van der Waals surface area contributed by atoms with E-state index in [0.29, 0.717) is 5.75 Å². The first kappa shape index (κ1) is 16.5. The average molecular weight is 299 g/mol. The molecular weight excluding hydrogens is 274 g/mol. The van der Waals surface area contributed by atoms with E-state index in [1.807, 2.05) is 24.3 Å².